The van der Waals surface area contributed by atoms with Crippen molar-refractivity contribution in [2.75, 3.05) is 13.1 Å². The molecule has 4 rings (SSSR count). The summed E-state index contributed by atoms with van der Waals surface area (Å²) < 4.78 is 1.91. The van der Waals surface area contributed by atoms with Crippen molar-refractivity contribution < 1.29 is 4.79 Å². The van der Waals surface area contributed by atoms with Gasteiger partial charge in [0, 0.05) is 24.0 Å². The van der Waals surface area contributed by atoms with Gasteiger partial charge < -0.3 is 4.90 Å². The maximum atomic E-state index is 13.0. The Morgan fingerprint density at radius 1 is 1.29 bits per heavy atom. The predicted molar refractivity (Wildman–Crippen MR) is 95.0 cm³/mol. The van der Waals surface area contributed by atoms with Gasteiger partial charge in [-0.15, -0.1) is 0 Å². The minimum atomic E-state index is 0.130. The van der Waals surface area contributed by atoms with E-state index < -0.39 is 0 Å². The molecule has 0 N–H and O–H groups in total. The highest BCUT2D eigenvalue weighted by Crippen LogP contribution is 2.43. The molecule has 0 bridgehead atoms. The van der Waals surface area contributed by atoms with Crippen molar-refractivity contribution in [3.05, 3.63) is 46.2 Å². The van der Waals surface area contributed by atoms with Crippen LogP contribution in [0.4, 0.5) is 0 Å². The molecule has 1 aliphatic heterocycles. The van der Waals surface area contributed by atoms with Crippen molar-refractivity contribution in [2.45, 2.75) is 39.0 Å². The Labute approximate surface area is 147 Å². The maximum absolute atomic E-state index is 13.0. The number of rotatable bonds is 3. The zero-order valence-corrected chi connectivity index (χ0v) is 14.9. The van der Waals surface area contributed by atoms with Crippen molar-refractivity contribution >= 4 is 17.5 Å². The minimum absolute atomic E-state index is 0.130. The molecule has 1 aromatic heterocycles. The van der Waals surface area contributed by atoms with E-state index in [2.05, 4.69) is 12.0 Å². The number of benzene rings is 1. The van der Waals surface area contributed by atoms with E-state index in [-0.39, 0.29) is 5.91 Å². The third-order valence-electron chi connectivity index (χ3n) is 5.11. The molecule has 2 aromatic rings. The van der Waals surface area contributed by atoms with Crippen LogP contribution in [0, 0.1) is 12.8 Å². The van der Waals surface area contributed by atoms with Gasteiger partial charge in [0.05, 0.1) is 23.1 Å². The molecule has 1 saturated carbocycles. The number of hydrogen-bond donors (Lipinski definition) is 0. The van der Waals surface area contributed by atoms with Crippen molar-refractivity contribution in [2.24, 2.45) is 5.92 Å². The van der Waals surface area contributed by atoms with Crippen LogP contribution in [0.15, 0.2) is 24.4 Å². The second kappa shape index (κ2) is 5.92. The van der Waals surface area contributed by atoms with Crippen LogP contribution in [0.3, 0.4) is 0 Å². The number of halogens is 1. The van der Waals surface area contributed by atoms with Gasteiger partial charge in [-0.3, -0.25) is 4.79 Å². The van der Waals surface area contributed by atoms with Crippen molar-refractivity contribution in [1.29, 1.82) is 0 Å². The maximum Gasteiger partial charge on any atom is 0.257 e. The lowest BCUT2D eigenvalue weighted by molar-refractivity contribution is 0.0787. The van der Waals surface area contributed by atoms with Crippen LogP contribution in [0.1, 0.15) is 53.7 Å². The quantitative estimate of drug-likeness (QED) is 0.838. The summed E-state index contributed by atoms with van der Waals surface area (Å²) in [5.41, 5.74) is 3.80. The molecular weight excluding hydrogens is 322 g/mol. The Bertz CT molecular complexity index is 794. The highest BCUT2D eigenvalue weighted by molar-refractivity contribution is 6.31. The summed E-state index contributed by atoms with van der Waals surface area (Å²) in [7, 11) is 0. The van der Waals surface area contributed by atoms with Crippen LogP contribution in [0.25, 0.3) is 5.69 Å². The number of likely N-dealkylation sites (tertiary alicyclic amines) is 1. The molecule has 24 heavy (non-hydrogen) atoms. The zero-order valence-electron chi connectivity index (χ0n) is 14.1. The molecule has 1 amide bonds. The van der Waals surface area contributed by atoms with Gasteiger partial charge in [-0.1, -0.05) is 24.6 Å². The monoisotopic (exact) mass is 343 g/mol. The lowest BCUT2D eigenvalue weighted by Crippen LogP contribution is -2.29. The van der Waals surface area contributed by atoms with E-state index >= 15 is 0 Å². The van der Waals surface area contributed by atoms with E-state index in [9.17, 15) is 4.79 Å². The molecule has 2 heterocycles. The first-order valence-corrected chi connectivity index (χ1v) is 9.06. The van der Waals surface area contributed by atoms with Gasteiger partial charge in [0.25, 0.3) is 5.91 Å². The smallest absolute Gasteiger partial charge is 0.257 e. The summed E-state index contributed by atoms with van der Waals surface area (Å²) in [4.78, 5) is 14.9. The number of amides is 1. The van der Waals surface area contributed by atoms with Gasteiger partial charge in [0.1, 0.15) is 0 Å². The van der Waals surface area contributed by atoms with Crippen LogP contribution in [-0.4, -0.2) is 33.7 Å². The molecule has 1 unspecified atom stereocenters. The van der Waals surface area contributed by atoms with Gasteiger partial charge in [-0.25, -0.2) is 4.68 Å². The molecular formula is C19H22ClN3O. The van der Waals surface area contributed by atoms with Gasteiger partial charge in [0.2, 0.25) is 0 Å². The minimum Gasteiger partial charge on any atom is -0.338 e. The highest BCUT2D eigenvalue weighted by Gasteiger charge is 2.35. The molecule has 2 fully saturated rings. The molecule has 5 heteroatoms. The molecule has 126 valence electrons. The fraction of sp³-hybridized carbons (Fsp3) is 0.474. The summed E-state index contributed by atoms with van der Waals surface area (Å²) >= 11 is 6.28. The number of hydrogen-bond acceptors (Lipinski definition) is 2. The average Bonchev–Trinajstić information content (AvgIpc) is 3.15. The fourth-order valence-electron chi connectivity index (χ4n) is 3.48. The Morgan fingerprint density at radius 3 is 2.71 bits per heavy atom. The van der Waals surface area contributed by atoms with Crippen molar-refractivity contribution in [3.8, 4) is 5.69 Å². The number of nitrogens with zero attached hydrogens (tertiary/aromatic N) is 3. The Balaban J connectivity index is 1.73. The summed E-state index contributed by atoms with van der Waals surface area (Å²) in [6.45, 7) is 5.89. The van der Waals surface area contributed by atoms with Gasteiger partial charge >= 0.3 is 0 Å². The van der Waals surface area contributed by atoms with E-state index in [1.54, 1.807) is 6.20 Å². The molecule has 1 atom stereocenters. The predicted octanol–water partition coefficient (Wildman–Crippen LogP) is 4.19. The first kappa shape index (κ1) is 15.7. The molecule has 1 saturated heterocycles. The summed E-state index contributed by atoms with van der Waals surface area (Å²) in [5, 5.41) is 5.27. The van der Waals surface area contributed by atoms with Crippen LogP contribution < -0.4 is 0 Å². The lowest BCUT2D eigenvalue weighted by Gasteiger charge is -2.16. The molecule has 4 nitrogen and oxygen atoms in total. The normalized spacial score (nSPS) is 20.6. The van der Waals surface area contributed by atoms with E-state index in [1.807, 2.05) is 34.7 Å². The summed E-state index contributed by atoms with van der Waals surface area (Å²) in [5.74, 6) is 1.15. The number of aromatic nitrogens is 2. The third-order valence-corrected chi connectivity index (χ3v) is 5.52. The van der Waals surface area contributed by atoms with E-state index in [1.165, 1.54) is 0 Å². The van der Waals surface area contributed by atoms with Crippen LogP contribution >= 0.6 is 11.6 Å². The fourth-order valence-corrected chi connectivity index (χ4v) is 3.66. The zero-order chi connectivity index (χ0) is 16.8. The average molecular weight is 344 g/mol. The Kier molecular flexibility index (Phi) is 3.87. The molecule has 1 aliphatic carbocycles. The molecule has 2 aliphatic rings. The number of carbonyl (C=O) groups is 1. The van der Waals surface area contributed by atoms with Crippen molar-refractivity contribution in [1.82, 2.24) is 14.7 Å². The first-order valence-electron chi connectivity index (χ1n) is 8.68. The lowest BCUT2D eigenvalue weighted by atomic mass is 10.1. The second-order valence-corrected chi connectivity index (χ2v) is 7.62. The largest absolute Gasteiger partial charge is 0.338 e. The first-order chi connectivity index (χ1) is 11.5. The molecule has 0 spiro atoms. The molecule has 1 aromatic carbocycles. The van der Waals surface area contributed by atoms with Gasteiger partial charge in [-0.05, 0) is 49.8 Å². The second-order valence-electron chi connectivity index (χ2n) is 7.21. The summed E-state index contributed by atoms with van der Waals surface area (Å²) in [6.07, 6.45) is 5.09. The number of carbonyl (C=O) groups excluding carboxylic acids is 1. The van der Waals surface area contributed by atoms with E-state index in [0.29, 0.717) is 11.8 Å². The van der Waals surface area contributed by atoms with Crippen molar-refractivity contribution in [3.63, 3.8) is 0 Å². The standard InChI is InChI=1S/C19H22ClN3O/c1-12-7-8-22(11-12)19(24)16-10-21-23(18(16)14-4-5-14)15-6-3-13(2)17(20)9-15/h3,6,9-10,12,14H,4-5,7-8,11H2,1-2H3. The topological polar surface area (TPSA) is 38.1 Å². The van der Waals surface area contributed by atoms with Gasteiger partial charge in [0.15, 0.2) is 0 Å². The van der Waals surface area contributed by atoms with E-state index in [0.717, 1.165) is 59.9 Å². The third kappa shape index (κ3) is 2.73. The Hall–Kier alpha value is -1.81. The van der Waals surface area contributed by atoms with Gasteiger partial charge in [-0.2, -0.15) is 5.10 Å². The van der Waals surface area contributed by atoms with Crippen LogP contribution in [-0.2, 0) is 0 Å². The number of aryl methyl sites for hydroxylation is 1. The Morgan fingerprint density at radius 2 is 2.08 bits per heavy atom. The summed E-state index contributed by atoms with van der Waals surface area (Å²) in [6, 6.07) is 5.95. The SMILES string of the molecule is Cc1ccc(-n2ncc(C(=O)N3CCC(C)C3)c2C2CC2)cc1Cl. The van der Waals surface area contributed by atoms with E-state index in [4.69, 9.17) is 11.6 Å². The molecule has 0 radical (unpaired) electrons. The van der Waals surface area contributed by atoms with Crippen LogP contribution in [0.5, 0.6) is 0 Å². The van der Waals surface area contributed by atoms with Crippen LogP contribution in [0.2, 0.25) is 5.02 Å². The highest BCUT2D eigenvalue weighted by atomic mass is 35.5.